The van der Waals surface area contributed by atoms with Crippen LogP contribution in [0.5, 0.6) is 5.75 Å². The highest BCUT2D eigenvalue weighted by Gasteiger charge is 2.42. The molecule has 0 fully saturated rings. The monoisotopic (exact) mass is 732 g/mol. The van der Waals surface area contributed by atoms with Gasteiger partial charge in [0.25, 0.3) is 6.71 Å². The van der Waals surface area contributed by atoms with E-state index in [0.29, 0.717) is 5.76 Å². The number of allylic oxidation sites excluding steroid dienone is 6. The molecule has 0 atom stereocenters. The summed E-state index contributed by atoms with van der Waals surface area (Å²) >= 11 is 0. The minimum absolute atomic E-state index is 0.428. The predicted octanol–water partition coefficient (Wildman–Crippen LogP) is 12.2. The first-order chi connectivity index (χ1) is 28.2. The van der Waals surface area contributed by atoms with Crippen molar-refractivity contribution in [3.8, 4) is 16.9 Å². The topological polar surface area (TPSA) is 44.7 Å². The average molecular weight is 733 g/mol. The maximum Gasteiger partial charge on any atom is 0.255 e. The van der Waals surface area contributed by atoms with Crippen LogP contribution in [-0.4, -0.2) is 11.8 Å². The quantitative estimate of drug-likeness (QED) is 0.137. The second-order valence-corrected chi connectivity index (χ2v) is 14.4. The predicted molar refractivity (Wildman–Crippen MR) is 238 cm³/mol. The fourth-order valence-electron chi connectivity index (χ4n) is 8.48. The fraction of sp³-hybridized carbons (Fsp3) is 0. The van der Waals surface area contributed by atoms with Crippen LogP contribution in [0.15, 0.2) is 230 Å². The van der Waals surface area contributed by atoms with Crippen LogP contribution in [0.3, 0.4) is 0 Å². The number of nitrogens with zero attached hydrogens (tertiary/aromatic N) is 1. The summed E-state index contributed by atoms with van der Waals surface area (Å²) < 4.78 is 7.43. The molecule has 0 aromatic heterocycles. The van der Waals surface area contributed by atoms with Crippen molar-refractivity contribution >= 4 is 51.2 Å². The van der Waals surface area contributed by atoms with Gasteiger partial charge in [0, 0.05) is 33.8 Å². The third-order valence-corrected chi connectivity index (χ3v) is 11.1. The van der Waals surface area contributed by atoms with Crippen molar-refractivity contribution in [1.82, 2.24) is 0 Å². The lowest BCUT2D eigenvalue weighted by Gasteiger charge is -2.36. The van der Waals surface area contributed by atoms with Crippen molar-refractivity contribution < 1.29 is 9.84 Å². The Balaban J connectivity index is 1.32. The third kappa shape index (κ3) is 5.97. The Labute approximate surface area is 333 Å². The van der Waals surface area contributed by atoms with Crippen LogP contribution < -0.4 is 20.4 Å². The summed E-state index contributed by atoms with van der Waals surface area (Å²) in [5, 5.41) is 17.4. The summed E-state index contributed by atoms with van der Waals surface area (Å²) in [6.45, 7) is 4.22. The van der Waals surface area contributed by atoms with E-state index in [1.165, 1.54) is 6.26 Å². The number of ether oxygens (including phenoxy) is 1. The van der Waals surface area contributed by atoms with Gasteiger partial charge in [-0.2, -0.15) is 0 Å². The first kappa shape index (κ1) is 34.0. The number of para-hydroxylation sites is 3. The molecule has 270 valence electrons. The minimum atomic E-state index is -0.428. The lowest BCUT2D eigenvalue weighted by molar-refractivity contribution is 0.439. The van der Waals surface area contributed by atoms with Gasteiger partial charge in [0.2, 0.25) is 0 Å². The number of hydrogen-bond donors (Lipinski definition) is 2. The van der Waals surface area contributed by atoms with Gasteiger partial charge in [-0.1, -0.05) is 158 Å². The normalized spacial score (nSPS) is 18.9. The summed E-state index contributed by atoms with van der Waals surface area (Å²) in [5.41, 5.74) is 13.4. The van der Waals surface area contributed by atoms with Crippen molar-refractivity contribution in [3.05, 3.63) is 246 Å². The highest BCUT2D eigenvalue weighted by atomic mass is 16.5. The Morgan fingerprint density at radius 3 is 2.11 bits per heavy atom. The standard InChI is InChI=1S/C52H37BN2O2/c1-35-32-46-49(33-55(40-22-9-4-10-23-40)48-27-14-13-24-41(35)48)57-52-44(43-26-15-19-36-16-11-12-25-42(36)43)29-30-45-50(37-17-5-2-6-18-37)47(54-39-20-7-3-8-21-39)31-28-38(34-56)53(46)51(45)52/h2-34,54,56H,1H2/b31-28-,38-34-,46-32+,49-33+,50-47+. The minimum Gasteiger partial charge on any atom is -0.516 e. The van der Waals surface area contributed by atoms with Crippen LogP contribution in [0.4, 0.5) is 17.1 Å². The molecule has 4 nitrogen and oxygen atoms in total. The third-order valence-electron chi connectivity index (χ3n) is 11.1. The number of fused-ring (bicyclic) bond motifs is 4. The number of rotatable bonds is 5. The van der Waals surface area contributed by atoms with Crippen molar-refractivity contribution in [2.75, 3.05) is 10.2 Å². The highest BCUT2D eigenvalue weighted by Crippen LogP contribution is 2.46. The maximum absolute atomic E-state index is 11.3. The summed E-state index contributed by atoms with van der Waals surface area (Å²) in [6.07, 6.45) is 9.61. The van der Waals surface area contributed by atoms with E-state index in [2.05, 4.69) is 163 Å². The van der Waals surface area contributed by atoms with E-state index < -0.39 is 6.71 Å². The Morgan fingerprint density at radius 2 is 1.30 bits per heavy atom. The van der Waals surface area contributed by atoms with Gasteiger partial charge in [-0.15, -0.1) is 0 Å². The zero-order chi connectivity index (χ0) is 38.3. The molecule has 2 N–H and O–H groups in total. The van der Waals surface area contributed by atoms with Gasteiger partial charge in [-0.05, 0) is 85.9 Å². The van der Waals surface area contributed by atoms with Crippen molar-refractivity contribution in [2.45, 2.75) is 0 Å². The van der Waals surface area contributed by atoms with Gasteiger partial charge < -0.3 is 20.1 Å². The highest BCUT2D eigenvalue weighted by molar-refractivity contribution is 6.89. The maximum atomic E-state index is 11.3. The van der Waals surface area contributed by atoms with Crippen molar-refractivity contribution in [1.29, 1.82) is 0 Å². The van der Waals surface area contributed by atoms with Crippen LogP contribution in [-0.2, 0) is 0 Å². The van der Waals surface area contributed by atoms with E-state index in [-0.39, 0.29) is 0 Å². The van der Waals surface area contributed by atoms with Crippen LogP contribution >= 0.6 is 0 Å². The first-order valence-electron chi connectivity index (χ1n) is 19.2. The number of nitrogens with one attached hydrogen (secondary N) is 1. The zero-order valence-electron chi connectivity index (χ0n) is 31.1. The molecule has 0 saturated heterocycles. The Morgan fingerprint density at radius 1 is 0.632 bits per heavy atom. The summed E-state index contributed by atoms with van der Waals surface area (Å²) in [5.74, 6) is 1.42. The largest absolute Gasteiger partial charge is 0.516 e. The van der Waals surface area contributed by atoms with Gasteiger partial charge in [0.05, 0.1) is 18.1 Å². The second-order valence-electron chi connectivity index (χ2n) is 14.4. The SMILES string of the molecule is C=C1/C=C2/B3C(=C\O)/C=C\C(Nc4ccccc4)=C(\c4ccccc4)c4ccc(-c5cccc6ccccc56)c(c43)O/C2=C/N(c2ccccc2)c2ccccc21. The molecule has 0 saturated carbocycles. The van der Waals surface area contributed by atoms with E-state index in [9.17, 15) is 5.11 Å². The Kier molecular flexibility index (Phi) is 8.53. The van der Waals surface area contributed by atoms with Crippen LogP contribution in [0.2, 0.25) is 0 Å². The molecule has 0 bridgehead atoms. The van der Waals surface area contributed by atoms with Crippen molar-refractivity contribution in [3.63, 3.8) is 0 Å². The van der Waals surface area contributed by atoms with E-state index in [1.54, 1.807) is 0 Å². The molecule has 3 heterocycles. The molecule has 0 radical (unpaired) electrons. The van der Waals surface area contributed by atoms with Gasteiger partial charge in [-0.25, -0.2) is 0 Å². The van der Waals surface area contributed by atoms with Gasteiger partial charge in [0.1, 0.15) is 11.5 Å². The summed E-state index contributed by atoms with van der Waals surface area (Å²) in [6, 6.07) is 58.7. The van der Waals surface area contributed by atoms with Crippen LogP contribution in [0, 0.1) is 0 Å². The average Bonchev–Trinajstić information content (AvgIpc) is 3.26. The Bertz CT molecular complexity index is 2870. The molecular weight excluding hydrogens is 695 g/mol. The zero-order valence-corrected chi connectivity index (χ0v) is 31.1. The van der Waals surface area contributed by atoms with E-state index >= 15 is 0 Å². The van der Waals surface area contributed by atoms with E-state index in [0.717, 1.165) is 94.7 Å². The lowest BCUT2D eigenvalue weighted by Crippen LogP contribution is -2.44. The molecule has 7 aromatic rings. The number of hydrogen-bond acceptors (Lipinski definition) is 4. The summed E-state index contributed by atoms with van der Waals surface area (Å²) in [4.78, 5) is 2.19. The molecule has 7 aromatic carbocycles. The number of anilines is 3. The van der Waals surface area contributed by atoms with Gasteiger partial charge >= 0.3 is 0 Å². The Hall–Kier alpha value is -7.50. The smallest absolute Gasteiger partial charge is 0.255 e. The van der Waals surface area contributed by atoms with Crippen LogP contribution in [0.1, 0.15) is 16.7 Å². The molecule has 5 heteroatoms. The number of aliphatic hydroxyl groups excluding tert-OH is 1. The molecule has 10 rings (SSSR count). The molecule has 3 aliphatic heterocycles. The lowest BCUT2D eigenvalue weighted by atomic mass is 9.33. The fourth-order valence-corrected chi connectivity index (χ4v) is 8.48. The molecule has 0 spiro atoms. The number of benzene rings is 7. The molecule has 3 aliphatic rings. The molecule has 0 unspecified atom stereocenters. The molecule has 0 amide bonds. The van der Waals surface area contributed by atoms with Crippen molar-refractivity contribution in [2.24, 2.45) is 0 Å². The molecular formula is C52H37BN2O2. The number of aliphatic hydroxyl groups is 1. The van der Waals surface area contributed by atoms with E-state index in [1.807, 2.05) is 48.5 Å². The second kappa shape index (κ2) is 14.3. The summed E-state index contributed by atoms with van der Waals surface area (Å²) in [7, 11) is 0. The molecule has 0 aliphatic carbocycles. The van der Waals surface area contributed by atoms with Gasteiger partial charge in [0.15, 0.2) is 0 Å². The van der Waals surface area contributed by atoms with Crippen LogP contribution in [0.25, 0.3) is 33.0 Å². The van der Waals surface area contributed by atoms with E-state index in [4.69, 9.17) is 4.74 Å². The first-order valence-corrected chi connectivity index (χ1v) is 19.2. The molecule has 57 heavy (non-hydrogen) atoms. The van der Waals surface area contributed by atoms with Gasteiger partial charge in [-0.3, -0.25) is 0 Å².